The molecule has 0 saturated heterocycles. The number of aliphatic hydroxyl groups is 4. The number of likely N-dealkylation sites (N-methyl/N-ethyl adjacent to an activating group) is 1. The van der Waals surface area contributed by atoms with E-state index in [4.69, 9.17) is 5.73 Å². The number of fused-ring (bicyclic) bond motifs is 3. The summed E-state index contributed by atoms with van der Waals surface area (Å²) in [5, 5.41) is 53.6. The molecule has 0 heterocycles. The predicted octanol–water partition coefficient (Wildman–Crippen LogP) is 0.517. The number of rotatable bonds is 2. The third kappa shape index (κ3) is 3.46. The van der Waals surface area contributed by atoms with Crippen LogP contribution in [-0.4, -0.2) is 74.0 Å². The molecule has 1 aromatic carbocycles. The van der Waals surface area contributed by atoms with E-state index in [1.54, 1.807) is 25.1 Å². The highest BCUT2D eigenvalue weighted by molar-refractivity contribution is 6.10. The van der Waals surface area contributed by atoms with E-state index in [0.29, 0.717) is 11.1 Å². The molecule has 4 rings (SSSR count). The highest BCUT2D eigenvalue weighted by Crippen LogP contribution is 2.53. The van der Waals surface area contributed by atoms with Crippen LogP contribution in [0.15, 0.2) is 29.0 Å². The first-order valence-electron chi connectivity index (χ1n) is 11.0. The van der Waals surface area contributed by atoms with Crippen molar-refractivity contribution < 1.29 is 35.1 Å². The Hall–Kier alpha value is -3.32. The molecule has 9 nitrogen and oxygen atoms in total. The van der Waals surface area contributed by atoms with Crippen molar-refractivity contribution in [2.45, 2.75) is 43.9 Å². The number of nitrogens with zero attached hydrogens (tertiary/aromatic N) is 1. The maximum atomic E-state index is 13.7. The lowest BCUT2D eigenvalue weighted by atomic mass is 9.57. The van der Waals surface area contributed by atoms with Crippen molar-refractivity contribution in [1.29, 1.82) is 0 Å². The first-order valence-corrected chi connectivity index (χ1v) is 11.0. The summed E-state index contributed by atoms with van der Waals surface area (Å²) in [5.41, 5.74) is 4.21. The fraction of sp³-hybridized carbons (Fsp3) is 0.440. The number of nitrogens with two attached hydrogens (primary N) is 1. The van der Waals surface area contributed by atoms with Crippen LogP contribution in [0.4, 0.5) is 0 Å². The third-order valence-corrected chi connectivity index (χ3v) is 7.12. The molecule has 7 N–H and O–H groups in total. The van der Waals surface area contributed by atoms with Crippen LogP contribution < -0.4 is 5.73 Å². The molecular formula is C25H28N2O7. The Bertz CT molecular complexity index is 1220. The quantitative estimate of drug-likeness (QED) is 0.342. The predicted molar refractivity (Wildman–Crippen MR) is 122 cm³/mol. The van der Waals surface area contributed by atoms with Crippen LogP contribution in [0.3, 0.4) is 0 Å². The maximum Gasteiger partial charge on any atom is 0.248 e. The summed E-state index contributed by atoms with van der Waals surface area (Å²) in [4.78, 5) is 27.3. The van der Waals surface area contributed by atoms with Crippen molar-refractivity contribution in [1.82, 2.24) is 4.90 Å². The van der Waals surface area contributed by atoms with Crippen LogP contribution in [0.25, 0.3) is 5.76 Å². The van der Waals surface area contributed by atoms with Gasteiger partial charge in [0.2, 0.25) is 5.91 Å². The van der Waals surface area contributed by atoms with E-state index in [0.717, 1.165) is 0 Å². The van der Waals surface area contributed by atoms with Crippen molar-refractivity contribution in [3.63, 3.8) is 0 Å². The van der Waals surface area contributed by atoms with Crippen LogP contribution in [-0.2, 0) is 16.0 Å². The van der Waals surface area contributed by atoms with Gasteiger partial charge in [-0.25, -0.2) is 0 Å². The van der Waals surface area contributed by atoms with Crippen molar-refractivity contribution in [3.05, 3.63) is 45.7 Å². The highest BCUT2D eigenvalue weighted by atomic mass is 16.3. The van der Waals surface area contributed by atoms with Gasteiger partial charge in [-0.1, -0.05) is 11.8 Å². The molecule has 5 unspecified atom stereocenters. The molecule has 180 valence electrons. The van der Waals surface area contributed by atoms with Crippen LogP contribution in [0.2, 0.25) is 0 Å². The van der Waals surface area contributed by atoms with Crippen LogP contribution in [0, 0.1) is 23.7 Å². The number of hydrogen-bond acceptors (Lipinski definition) is 8. The molecule has 0 aliphatic heterocycles. The second-order valence-corrected chi connectivity index (χ2v) is 9.50. The summed E-state index contributed by atoms with van der Waals surface area (Å²) in [6.07, 6.45) is -0.877. The van der Waals surface area contributed by atoms with Gasteiger partial charge in [-0.3, -0.25) is 14.5 Å². The maximum absolute atomic E-state index is 13.7. The molecule has 1 saturated carbocycles. The minimum Gasteiger partial charge on any atom is -0.510 e. The number of aliphatic hydroxyl groups excluding tert-OH is 3. The molecule has 5 atom stereocenters. The molecule has 1 aromatic rings. The minimum atomic E-state index is -2.07. The zero-order valence-corrected chi connectivity index (χ0v) is 19.2. The molecule has 3 aliphatic rings. The normalized spacial score (nSPS) is 29.1. The number of hydrogen-bond donors (Lipinski definition) is 6. The topological polar surface area (TPSA) is 165 Å². The average Bonchev–Trinajstić information content (AvgIpc) is 2.74. The van der Waals surface area contributed by atoms with Gasteiger partial charge in [0.15, 0.2) is 5.78 Å². The van der Waals surface area contributed by atoms with Gasteiger partial charge in [0, 0.05) is 23.5 Å². The molecule has 0 bridgehead atoms. The van der Waals surface area contributed by atoms with E-state index < -0.39 is 53.5 Å². The van der Waals surface area contributed by atoms with E-state index in [1.807, 2.05) is 0 Å². The van der Waals surface area contributed by atoms with Crippen LogP contribution in [0.5, 0.6) is 5.75 Å². The summed E-state index contributed by atoms with van der Waals surface area (Å²) in [5.74, 6) is 1.57. The van der Waals surface area contributed by atoms with Gasteiger partial charge in [0.25, 0.3) is 0 Å². The van der Waals surface area contributed by atoms with E-state index in [1.165, 1.54) is 13.0 Å². The Morgan fingerprint density at radius 3 is 2.53 bits per heavy atom. The fourth-order valence-corrected chi connectivity index (χ4v) is 5.63. The second kappa shape index (κ2) is 8.17. The summed E-state index contributed by atoms with van der Waals surface area (Å²) in [7, 11) is 3.33. The molecule has 1 fully saturated rings. The van der Waals surface area contributed by atoms with Crippen LogP contribution in [0.1, 0.15) is 36.5 Å². The minimum absolute atomic E-state index is 0.0232. The van der Waals surface area contributed by atoms with Gasteiger partial charge in [-0.05, 0) is 57.5 Å². The molecular weight excluding hydrogens is 440 g/mol. The summed E-state index contributed by atoms with van der Waals surface area (Å²) >= 11 is 0. The van der Waals surface area contributed by atoms with E-state index in [9.17, 15) is 35.1 Å². The number of phenolic OH excluding ortho intramolecular Hbond substituents is 1. The molecule has 9 heteroatoms. The van der Waals surface area contributed by atoms with Crippen molar-refractivity contribution in [2.75, 3.05) is 14.1 Å². The van der Waals surface area contributed by atoms with Crippen molar-refractivity contribution >= 4 is 17.4 Å². The third-order valence-electron chi connectivity index (χ3n) is 7.12. The van der Waals surface area contributed by atoms with Gasteiger partial charge in [0.05, 0.1) is 17.2 Å². The first-order chi connectivity index (χ1) is 15.9. The summed E-state index contributed by atoms with van der Waals surface area (Å²) in [6.45, 7) is 1.51. The lowest BCUT2D eigenvalue weighted by molar-refractivity contribution is -0.151. The van der Waals surface area contributed by atoms with Gasteiger partial charge in [0.1, 0.15) is 29.0 Å². The molecule has 3 aliphatic carbocycles. The van der Waals surface area contributed by atoms with Gasteiger partial charge < -0.3 is 31.3 Å². The molecule has 34 heavy (non-hydrogen) atoms. The average molecular weight is 469 g/mol. The highest BCUT2D eigenvalue weighted by Gasteiger charge is 2.60. The summed E-state index contributed by atoms with van der Waals surface area (Å²) < 4.78 is 0. The Morgan fingerprint density at radius 1 is 1.26 bits per heavy atom. The Kier molecular flexibility index (Phi) is 5.72. The van der Waals surface area contributed by atoms with Crippen molar-refractivity contribution in [3.8, 4) is 17.6 Å². The Morgan fingerprint density at radius 2 is 1.94 bits per heavy atom. The summed E-state index contributed by atoms with van der Waals surface area (Å²) in [6, 6.07) is 2.09. The standard InChI is InChI=1S/C25H28N2O7/c1-11(28)4-5-12-6-7-17(29)19-14(12)8-13-9-16-20(27(2)3)21(30)15(24(26)33)10-25(16,34)23(32)18(13)22(19)31/h6-7,11,13,16,20,28-31,34H,8-10H2,1-3H3,(H2,26,33). The first kappa shape index (κ1) is 23.8. The van der Waals surface area contributed by atoms with Gasteiger partial charge >= 0.3 is 0 Å². The second-order valence-electron chi connectivity index (χ2n) is 9.50. The smallest absolute Gasteiger partial charge is 0.248 e. The van der Waals surface area contributed by atoms with Crippen LogP contribution >= 0.6 is 0 Å². The fourth-order valence-electron chi connectivity index (χ4n) is 5.63. The monoisotopic (exact) mass is 468 g/mol. The number of carbonyl (C=O) groups excluding carboxylic acids is 2. The molecule has 0 radical (unpaired) electrons. The number of phenols is 1. The largest absolute Gasteiger partial charge is 0.510 e. The zero-order valence-electron chi connectivity index (χ0n) is 19.2. The number of primary amides is 1. The number of benzene rings is 1. The molecule has 0 spiro atoms. The van der Waals surface area contributed by atoms with Gasteiger partial charge in [-0.2, -0.15) is 0 Å². The lowest BCUT2D eigenvalue weighted by Crippen LogP contribution is -2.62. The number of amides is 1. The van der Waals surface area contributed by atoms with E-state index in [-0.39, 0.29) is 41.1 Å². The Labute approximate surface area is 196 Å². The van der Waals surface area contributed by atoms with E-state index >= 15 is 0 Å². The molecule has 0 aromatic heterocycles. The SMILES string of the molecule is CC(O)C#Cc1ccc(O)c2c1CC1CC3C(N(C)C)C(O)=C(C(N)=O)CC3(O)C(=O)C1=C2O. The Balaban J connectivity index is 1.90. The van der Waals surface area contributed by atoms with Crippen molar-refractivity contribution in [2.24, 2.45) is 17.6 Å². The zero-order chi connectivity index (χ0) is 25.1. The number of ketones is 1. The number of carbonyl (C=O) groups is 2. The number of aromatic hydroxyl groups is 1. The lowest BCUT2D eigenvalue weighted by Gasteiger charge is -2.51. The van der Waals surface area contributed by atoms with Gasteiger partial charge in [-0.15, -0.1) is 0 Å². The van der Waals surface area contributed by atoms with E-state index in [2.05, 4.69) is 11.8 Å². The molecule has 1 amide bonds. The number of Topliss-reactive ketones (excluding diaryl/α,β-unsaturated/α-hetero) is 1.